The van der Waals surface area contributed by atoms with Gasteiger partial charge in [0, 0.05) is 17.6 Å². The number of fused-ring (bicyclic) bond motifs is 3. The number of amides is 1. The molecule has 12 heteroatoms. The van der Waals surface area contributed by atoms with Crippen LogP contribution in [0.1, 0.15) is 34.3 Å². The van der Waals surface area contributed by atoms with E-state index in [1.165, 1.54) is 31.1 Å². The number of carbonyl (C=O) groups excluding carboxylic acids is 5. The summed E-state index contributed by atoms with van der Waals surface area (Å²) >= 11 is 0. The summed E-state index contributed by atoms with van der Waals surface area (Å²) in [7, 11) is 2.82. The van der Waals surface area contributed by atoms with Gasteiger partial charge < -0.3 is 26.2 Å². The minimum atomic E-state index is -3.08. The van der Waals surface area contributed by atoms with Crippen molar-refractivity contribution in [1.82, 2.24) is 4.90 Å². The third kappa shape index (κ3) is 3.47. The minimum absolute atomic E-state index is 0.0265. The van der Waals surface area contributed by atoms with E-state index >= 15 is 0 Å². The van der Waals surface area contributed by atoms with Crippen LogP contribution in [0.15, 0.2) is 18.2 Å². The number of aliphatic hydroxyl groups excluding tert-OH is 1. The van der Waals surface area contributed by atoms with Gasteiger partial charge in [-0.15, -0.1) is 0 Å². The number of nitrogens with zero attached hydrogens (tertiary/aromatic N) is 1. The summed E-state index contributed by atoms with van der Waals surface area (Å²) in [5.74, 6) is -15.6. The number of likely N-dealkylation sites (N-methyl/N-ethyl adjacent to an activating group) is 1. The van der Waals surface area contributed by atoms with Crippen LogP contribution in [0.3, 0.4) is 0 Å². The summed E-state index contributed by atoms with van der Waals surface area (Å²) in [6.07, 6.45) is 0.0772. The first-order valence-corrected chi connectivity index (χ1v) is 11.5. The zero-order valence-electron chi connectivity index (χ0n) is 20.1. The summed E-state index contributed by atoms with van der Waals surface area (Å²) in [6.45, 7) is 1.58. The van der Waals surface area contributed by atoms with Gasteiger partial charge in [0.15, 0.2) is 34.7 Å². The van der Waals surface area contributed by atoms with Crippen molar-refractivity contribution in [3.05, 3.63) is 34.9 Å². The van der Waals surface area contributed by atoms with Crippen molar-refractivity contribution in [2.45, 2.75) is 30.6 Å². The summed E-state index contributed by atoms with van der Waals surface area (Å²) < 4.78 is 0. The van der Waals surface area contributed by atoms with E-state index in [4.69, 9.17) is 10.8 Å². The molecule has 3 aliphatic rings. The number of rotatable bonds is 4. The quantitative estimate of drug-likeness (QED) is 0.230. The number of carboxylic acid groups (broad SMARTS) is 1. The van der Waals surface area contributed by atoms with Gasteiger partial charge in [-0.25, -0.2) is 4.79 Å². The minimum Gasteiger partial charge on any atom is -0.507 e. The molecular weight excluding hydrogens is 488 g/mol. The molecule has 0 aliphatic heterocycles. The number of benzene rings is 1. The van der Waals surface area contributed by atoms with Gasteiger partial charge in [-0.1, -0.05) is 19.1 Å². The Bertz CT molecular complexity index is 1300. The Labute approximate surface area is 210 Å². The number of nitrogens with two attached hydrogens (primary N) is 1. The number of phenols is 1. The number of carboxylic acids is 1. The molecule has 0 aromatic heterocycles. The second-order valence-electron chi connectivity index (χ2n) is 10.0. The highest BCUT2D eigenvalue weighted by Crippen LogP contribution is 2.54. The van der Waals surface area contributed by atoms with Gasteiger partial charge in [0.1, 0.15) is 5.75 Å². The number of aliphatic hydroxyl groups is 2. The van der Waals surface area contributed by atoms with Gasteiger partial charge in [-0.05, 0) is 31.7 Å². The lowest BCUT2D eigenvalue weighted by atomic mass is 9.49. The average Bonchev–Trinajstić information content (AvgIpc) is 2.80. The molecule has 3 aliphatic carbocycles. The second-order valence-corrected chi connectivity index (χ2v) is 10.0. The van der Waals surface area contributed by atoms with Crippen molar-refractivity contribution < 1.29 is 49.2 Å². The first-order chi connectivity index (χ1) is 17.2. The number of hydrogen-bond acceptors (Lipinski definition) is 10. The molecule has 2 unspecified atom stereocenters. The highest BCUT2D eigenvalue weighted by molar-refractivity contribution is 6.32. The van der Waals surface area contributed by atoms with Gasteiger partial charge in [0.25, 0.3) is 0 Å². The fourth-order valence-corrected chi connectivity index (χ4v) is 6.30. The number of aliphatic carboxylic acids is 1. The van der Waals surface area contributed by atoms with Crippen LogP contribution in [0, 0.1) is 23.7 Å². The smallest absolute Gasteiger partial charge is 0.328 e. The summed E-state index contributed by atoms with van der Waals surface area (Å²) in [4.78, 5) is 78.1. The van der Waals surface area contributed by atoms with E-state index in [0.29, 0.717) is 0 Å². The fraction of sp³-hybridized carbons (Fsp3) is 0.440. The second kappa shape index (κ2) is 8.68. The predicted octanol–water partition coefficient (Wildman–Crippen LogP) is -1.50. The molecule has 6 N–H and O–H groups in total. The molecule has 0 spiro atoms. The maximum absolute atomic E-state index is 13.8. The monoisotopic (exact) mass is 514 g/mol. The zero-order valence-corrected chi connectivity index (χ0v) is 20.1. The maximum atomic E-state index is 13.8. The first kappa shape index (κ1) is 26.3. The van der Waals surface area contributed by atoms with Gasteiger partial charge >= 0.3 is 5.97 Å². The summed E-state index contributed by atoms with van der Waals surface area (Å²) in [5, 5.41) is 42.8. The molecule has 37 heavy (non-hydrogen) atoms. The number of ketones is 4. The third-order valence-electron chi connectivity index (χ3n) is 7.93. The van der Waals surface area contributed by atoms with Crippen LogP contribution in [0.4, 0.5) is 0 Å². The van der Waals surface area contributed by atoms with E-state index in [1.807, 2.05) is 0 Å². The molecule has 8 atom stereocenters. The van der Waals surface area contributed by atoms with E-state index in [-0.39, 0.29) is 16.7 Å². The molecular formula is C25H26N2O10. The molecule has 0 radical (unpaired) electrons. The van der Waals surface area contributed by atoms with E-state index in [1.54, 1.807) is 6.92 Å². The van der Waals surface area contributed by atoms with Gasteiger partial charge in [0.05, 0.1) is 29.5 Å². The fourth-order valence-electron chi connectivity index (χ4n) is 6.30. The van der Waals surface area contributed by atoms with Crippen molar-refractivity contribution in [3.63, 3.8) is 0 Å². The van der Waals surface area contributed by atoms with Crippen LogP contribution in [-0.2, 0) is 24.0 Å². The molecule has 4 rings (SSSR count). The maximum Gasteiger partial charge on any atom is 0.328 e. The predicted molar refractivity (Wildman–Crippen MR) is 124 cm³/mol. The van der Waals surface area contributed by atoms with E-state index in [2.05, 4.69) is 0 Å². The van der Waals surface area contributed by atoms with Crippen molar-refractivity contribution in [2.75, 3.05) is 14.1 Å². The molecule has 1 amide bonds. The summed E-state index contributed by atoms with van der Waals surface area (Å²) in [6, 6.07) is 1.39. The average molecular weight is 514 g/mol. The van der Waals surface area contributed by atoms with Crippen molar-refractivity contribution >= 4 is 41.1 Å². The Morgan fingerprint density at radius 2 is 1.73 bits per heavy atom. The zero-order chi connectivity index (χ0) is 27.7. The molecule has 0 heterocycles. The number of aromatic hydroxyl groups is 1. The van der Waals surface area contributed by atoms with E-state index < -0.39 is 88.1 Å². The number of primary amides is 1. The molecule has 196 valence electrons. The Hall–Kier alpha value is -3.74. The molecule has 2 fully saturated rings. The summed E-state index contributed by atoms with van der Waals surface area (Å²) in [5.41, 5.74) is 2.12. The Morgan fingerprint density at radius 1 is 1.11 bits per heavy atom. The Kier molecular flexibility index (Phi) is 6.18. The highest BCUT2D eigenvalue weighted by Gasteiger charge is 2.72. The first-order valence-electron chi connectivity index (χ1n) is 11.5. The number of hydrogen-bond donors (Lipinski definition) is 5. The lowest BCUT2D eigenvalue weighted by molar-refractivity contribution is -0.196. The van der Waals surface area contributed by atoms with Gasteiger partial charge in [-0.3, -0.25) is 28.9 Å². The van der Waals surface area contributed by atoms with Gasteiger partial charge in [0.2, 0.25) is 5.91 Å². The van der Waals surface area contributed by atoms with Crippen molar-refractivity contribution in [1.29, 1.82) is 0 Å². The standard InChI is InChI=1S/C25H26N2O10/c1-8-10-6-4-9(5-7-11(28)29)18(30)13(10)19(31)14-12(8)20(32)16-17(27(2)3)21(33)15(24(26)36)23(35)25(16,37)22(14)34/h4-8,12,14-17,20,30,32,37H,1-3H3,(H2,26,36)(H,28,29)/t8-,12+,14?,15?,16+,17-,20-,25-/m0/s1. The topological polar surface area (TPSA) is 213 Å². The Morgan fingerprint density at radius 3 is 2.27 bits per heavy atom. The van der Waals surface area contributed by atoms with Crippen LogP contribution < -0.4 is 5.73 Å². The SMILES string of the molecule is C[C@H]1c2ccc(C=CC(=O)O)c(O)c2C(=O)C2C(=O)[C@]3(O)C(=O)C(C(N)=O)C(=O)[C@@H](N(C)C)[C@@H]3[C@@H](O)[C@@H]21. The largest absolute Gasteiger partial charge is 0.507 e. The van der Waals surface area contributed by atoms with Crippen LogP contribution in [0.2, 0.25) is 0 Å². The van der Waals surface area contributed by atoms with Crippen LogP contribution >= 0.6 is 0 Å². The molecule has 12 nitrogen and oxygen atoms in total. The van der Waals surface area contributed by atoms with Crippen molar-refractivity contribution in [3.8, 4) is 5.75 Å². The number of carbonyl (C=O) groups is 6. The lowest BCUT2D eigenvalue weighted by Crippen LogP contribution is -2.77. The molecule has 2 saturated carbocycles. The Balaban J connectivity index is 1.93. The molecule has 0 saturated heterocycles. The van der Waals surface area contributed by atoms with E-state index in [9.17, 15) is 44.1 Å². The van der Waals surface area contributed by atoms with Crippen LogP contribution in [-0.4, -0.2) is 92.2 Å². The lowest BCUT2D eigenvalue weighted by Gasteiger charge is -2.56. The molecule has 1 aromatic rings. The van der Waals surface area contributed by atoms with Crippen LogP contribution in [0.5, 0.6) is 5.75 Å². The number of phenolic OH excluding ortho intramolecular Hbond substituents is 1. The van der Waals surface area contributed by atoms with Crippen LogP contribution in [0.25, 0.3) is 6.08 Å². The van der Waals surface area contributed by atoms with Gasteiger partial charge in [-0.2, -0.15) is 0 Å². The van der Waals surface area contributed by atoms with E-state index in [0.717, 1.165) is 12.2 Å². The van der Waals surface area contributed by atoms with Crippen molar-refractivity contribution in [2.24, 2.45) is 29.4 Å². The molecule has 0 bridgehead atoms. The normalized spacial score (nSPS) is 35.4. The highest BCUT2D eigenvalue weighted by atomic mass is 16.4. The number of Topliss-reactive ketones (excluding diaryl/α,β-unsaturated/α-hetero) is 4. The third-order valence-corrected chi connectivity index (χ3v) is 7.93. The molecule has 1 aromatic carbocycles.